The Hall–Kier alpha value is -5.81. The molecule has 1 heterocycles. The maximum absolute atomic E-state index is 13.8. The van der Waals surface area contributed by atoms with Crippen LogP contribution in [-0.4, -0.2) is 87.3 Å². The number of hydrogen-bond donors (Lipinski definition) is 9. The van der Waals surface area contributed by atoms with Crippen molar-refractivity contribution < 1.29 is 28.8 Å². The third-order valence-corrected chi connectivity index (χ3v) is 8.01. The van der Waals surface area contributed by atoms with E-state index in [9.17, 15) is 28.8 Å². The highest BCUT2D eigenvalue weighted by Gasteiger charge is 2.30. The van der Waals surface area contributed by atoms with E-state index in [1.54, 1.807) is 60.7 Å². The number of carbonyl (C=O) groups excluding carboxylic acids is 6. The number of nitrogens with one attached hydrogen (secondary N) is 6. The van der Waals surface area contributed by atoms with Crippen LogP contribution in [0.25, 0.3) is 0 Å². The zero-order valence-electron chi connectivity index (χ0n) is 29.3. The van der Waals surface area contributed by atoms with Crippen molar-refractivity contribution in [2.45, 2.75) is 82.7 Å². The molecule has 52 heavy (non-hydrogen) atoms. The highest BCUT2D eigenvalue weighted by Crippen LogP contribution is 2.09. The SMILES string of the molecule is C[C@H](NC(=O)[C@H](C)NC(=O)[C@@H](N)Cc1cnc[nH]1)C(=O)NN(Cc1ccccc1)C(=O)N[C@@H](Cc1ccccc1)C(=O)N[C@@H](CCCCN)C(N)=O. The van der Waals surface area contributed by atoms with Crippen LogP contribution in [0.2, 0.25) is 0 Å². The monoisotopic (exact) mass is 719 g/mol. The second kappa shape index (κ2) is 20.8. The Balaban J connectivity index is 1.72. The lowest BCUT2D eigenvalue weighted by Gasteiger charge is -2.29. The first-order valence-electron chi connectivity index (χ1n) is 17.0. The maximum Gasteiger partial charge on any atom is 0.337 e. The van der Waals surface area contributed by atoms with Gasteiger partial charge in [-0.3, -0.25) is 29.4 Å². The number of H-pyrrole nitrogens is 1. The van der Waals surface area contributed by atoms with Crippen LogP contribution in [0.15, 0.2) is 73.2 Å². The first-order valence-corrected chi connectivity index (χ1v) is 17.0. The fourth-order valence-electron chi connectivity index (χ4n) is 5.01. The molecule has 7 amide bonds. The Labute approximate surface area is 302 Å². The van der Waals surface area contributed by atoms with E-state index in [-0.39, 0.29) is 25.8 Å². The van der Waals surface area contributed by atoms with Gasteiger partial charge >= 0.3 is 6.03 Å². The fraction of sp³-hybridized carbons (Fsp3) is 0.400. The molecule has 0 aliphatic heterocycles. The number of amides is 7. The molecule has 0 spiro atoms. The molecule has 0 fully saturated rings. The quantitative estimate of drug-likeness (QED) is 0.0556. The van der Waals surface area contributed by atoms with Gasteiger partial charge in [0.05, 0.1) is 18.9 Å². The number of rotatable bonds is 19. The van der Waals surface area contributed by atoms with Gasteiger partial charge in [0.2, 0.25) is 23.6 Å². The predicted octanol–water partition coefficient (Wildman–Crippen LogP) is -0.758. The van der Waals surface area contributed by atoms with E-state index in [0.29, 0.717) is 30.6 Å². The minimum atomic E-state index is -1.18. The average molecular weight is 720 g/mol. The van der Waals surface area contributed by atoms with Crippen molar-refractivity contribution in [2.75, 3.05) is 6.54 Å². The number of hydrogen-bond acceptors (Lipinski definition) is 9. The van der Waals surface area contributed by atoms with Crippen LogP contribution in [0.4, 0.5) is 4.79 Å². The second-order valence-electron chi connectivity index (χ2n) is 12.3. The fourth-order valence-corrected chi connectivity index (χ4v) is 5.01. The average Bonchev–Trinajstić information content (AvgIpc) is 3.64. The number of aromatic nitrogens is 2. The maximum atomic E-state index is 13.8. The topological polar surface area (TPSA) is 273 Å². The number of unbranched alkanes of at least 4 members (excludes halogenated alkanes) is 1. The molecule has 0 aliphatic carbocycles. The van der Waals surface area contributed by atoms with E-state index in [1.807, 2.05) is 0 Å². The number of nitrogens with zero attached hydrogens (tertiary/aromatic N) is 2. The van der Waals surface area contributed by atoms with Crippen LogP contribution in [0.5, 0.6) is 0 Å². The smallest absolute Gasteiger partial charge is 0.337 e. The summed E-state index contributed by atoms with van der Waals surface area (Å²) in [5.74, 6) is -3.38. The molecule has 3 rings (SSSR count). The number of carbonyl (C=O) groups is 6. The lowest BCUT2D eigenvalue weighted by molar-refractivity contribution is -0.133. The summed E-state index contributed by atoms with van der Waals surface area (Å²) in [6, 6.07) is 11.6. The summed E-state index contributed by atoms with van der Waals surface area (Å²) in [5.41, 5.74) is 21.6. The van der Waals surface area contributed by atoms with Gasteiger partial charge < -0.3 is 43.5 Å². The Bertz CT molecular complexity index is 1610. The number of primary amides is 1. The molecule has 1 aromatic heterocycles. The normalized spacial score (nSPS) is 13.7. The summed E-state index contributed by atoms with van der Waals surface area (Å²) in [4.78, 5) is 85.2. The van der Waals surface area contributed by atoms with Crippen molar-refractivity contribution in [1.29, 1.82) is 0 Å². The minimum Gasteiger partial charge on any atom is -0.368 e. The molecule has 3 aromatic rings. The highest BCUT2D eigenvalue weighted by atomic mass is 16.2. The number of imidazole rings is 1. The number of aromatic amines is 1. The summed E-state index contributed by atoms with van der Waals surface area (Å²) in [6.07, 6.45) is 4.68. The van der Waals surface area contributed by atoms with E-state index in [0.717, 1.165) is 10.6 Å². The molecular weight excluding hydrogens is 670 g/mol. The van der Waals surface area contributed by atoms with Crippen LogP contribution < -0.4 is 43.9 Å². The van der Waals surface area contributed by atoms with Crippen molar-refractivity contribution in [1.82, 2.24) is 41.7 Å². The van der Waals surface area contributed by atoms with Gasteiger partial charge in [-0.05, 0) is 50.8 Å². The van der Waals surface area contributed by atoms with Gasteiger partial charge in [0.1, 0.15) is 24.2 Å². The first kappa shape index (κ1) is 40.6. The molecule has 0 bridgehead atoms. The van der Waals surface area contributed by atoms with Crippen LogP contribution >= 0.6 is 0 Å². The third-order valence-electron chi connectivity index (χ3n) is 8.01. The Morgan fingerprint density at radius 1 is 0.750 bits per heavy atom. The molecular formula is C35H49N11O6. The van der Waals surface area contributed by atoms with E-state index >= 15 is 0 Å². The van der Waals surface area contributed by atoms with Crippen LogP contribution in [0, 0.1) is 0 Å². The number of hydrazine groups is 1. The van der Waals surface area contributed by atoms with Gasteiger partial charge in [-0.1, -0.05) is 60.7 Å². The van der Waals surface area contributed by atoms with Crippen molar-refractivity contribution >= 4 is 35.6 Å². The van der Waals surface area contributed by atoms with Gasteiger partial charge in [0.15, 0.2) is 0 Å². The lowest BCUT2D eigenvalue weighted by Crippen LogP contribution is -2.60. The van der Waals surface area contributed by atoms with Crippen LogP contribution in [0.3, 0.4) is 0 Å². The first-order chi connectivity index (χ1) is 24.9. The van der Waals surface area contributed by atoms with E-state index in [1.165, 1.54) is 26.4 Å². The minimum absolute atomic E-state index is 0.0570. The van der Waals surface area contributed by atoms with Crippen LogP contribution in [-0.2, 0) is 43.4 Å². The summed E-state index contributed by atoms with van der Waals surface area (Å²) >= 11 is 0. The molecule has 2 aromatic carbocycles. The Morgan fingerprint density at radius 2 is 1.37 bits per heavy atom. The predicted molar refractivity (Wildman–Crippen MR) is 192 cm³/mol. The Morgan fingerprint density at radius 3 is 1.96 bits per heavy atom. The number of benzene rings is 2. The zero-order chi connectivity index (χ0) is 38.0. The molecule has 0 unspecified atom stereocenters. The molecule has 0 saturated heterocycles. The summed E-state index contributed by atoms with van der Waals surface area (Å²) in [6.45, 7) is 3.15. The van der Waals surface area contributed by atoms with E-state index in [2.05, 4.69) is 36.7 Å². The second-order valence-corrected chi connectivity index (χ2v) is 12.3. The number of urea groups is 1. The summed E-state index contributed by atoms with van der Waals surface area (Å²) < 4.78 is 0. The Kier molecular flexibility index (Phi) is 16.2. The van der Waals surface area contributed by atoms with Gasteiger partial charge in [-0.2, -0.15) is 0 Å². The molecule has 5 atom stereocenters. The summed E-state index contributed by atoms with van der Waals surface area (Å²) in [7, 11) is 0. The summed E-state index contributed by atoms with van der Waals surface area (Å²) in [5, 5.41) is 11.4. The molecule has 0 aliphatic rings. The molecule has 17 nitrogen and oxygen atoms in total. The third kappa shape index (κ3) is 13.5. The van der Waals surface area contributed by atoms with Crippen molar-refractivity contribution in [3.8, 4) is 0 Å². The van der Waals surface area contributed by atoms with Crippen LogP contribution in [0.1, 0.15) is 49.9 Å². The van der Waals surface area contributed by atoms with Gasteiger partial charge in [0.25, 0.3) is 5.91 Å². The standard InChI is InChI=1S/C35H49N11O6/c1-22(42-33(50)27(37)18-26-19-39-21-40-26)31(48)41-23(2)32(49)45-46(20-25-13-7-4-8-14-25)35(52)44-29(17-24-11-5-3-6-12-24)34(51)43-28(30(38)47)15-9-10-16-36/h3-8,11-14,19,21-23,27-29H,9-10,15-18,20,36-37H2,1-2H3,(H2,38,47)(H,39,40)(H,41,48)(H,42,50)(H,43,51)(H,44,52)(H,45,49)/t22-,23-,27-,28-,29-/m0/s1. The zero-order valence-corrected chi connectivity index (χ0v) is 29.3. The molecule has 280 valence electrons. The molecule has 0 saturated carbocycles. The van der Waals surface area contributed by atoms with E-state index < -0.39 is 65.8 Å². The van der Waals surface area contributed by atoms with Crippen molar-refractivity contribution in [2.24, 2.45) is 17.2 Å². The lowest BCUT2D eigenvalue weighted by atomic mass is 10.0. The van der Waals surface area contributed by atoms with Crippen molar-refractivity contribution in [3.05, 3.63) is 90.0 Å². The van der Waals surface area contributed by atoms with Gasteiger partial charge in [0, 0.05) is 24.7 Å². The van der Waals surface area contributed by atoms with Gasteiger partial charge in [-0.25, -0.2) is 14.8 Å². The molecule has 0 radical (unpaired) electrons. The largest absolute Gasteiger partial charge is 0.368 e. The highest BCUT2D eigenvalue weighted by molar-refractivity contribution is 5.94. The van der Waals surface area contributed by atoms with E-state index in [4.69, 9.17) is 17.2 Å². The molecule has 17 heteroatoms. The number of nitrogens with two attached hydrogens (primary N) is 3. The van der Waals surface area contributed by atoms with Gasteiger partial charge in [-0.15, -0.1) is 0 Å². The molecule has 12 N–H and O–H groups in total. The van der Waals surface area contributed by atoms with Crippen molar-refractivity contribution in [3.63, 3.8) is 0 Å².